The van der Waals surface area contributed by atoms with Crippen molar-refractivity contribution in [3.8, 4) is 0 Å². The summed E-state index contributed by atoms with van der Waals surface area (Å²) in [6.07, 6.45) is 1.05. The normalized spacial score (nSPS) is 12.5. The van der Waals surface area contributed by atoms with Gasteiger partial charge in [0.25, 0.3) is 0 Å². The number of rotatable bonds is 3. The van der Waals surface area contributed by atoms with Gasteiger partial charge in [0.05, 0.1) is 7.11 Å². The summed E-state index contributed by atoms with van der Waals surface area (Å²) in [5, 5.41) is 6.94. The van der Waals surface area contributed by atoms with Gasteiger partial charge in [0.2, 0.25) is 5.89 Å². The van der Waals surface area contributed by atoms with Gasteiger partial charge in [-0.25, -0.2) is 13.2 Å². The van der Waals surface area contributed by atoms with Crippen LogP contribution in [-0.2, 0) is 19.3 Å². The van der Waals surface area contributed by atoms with Crippen LogP contribution in [0.15, 0.2) is 4.42 Å². The van der Waals surface area contributed by atoms with Crippen LogP contribution < -0.4 is 0 Å². The van der Waals surface area contributed by atoms with E-state index in [1.807, 2.05) is 0 Å². The number of carbonyl (C=O) groups excluding carboxylic acids is 1. The highest BCUT2D eigenvalue weighted by Crippen LogP contribution is 2.27. The SMILES string of the molecule is COC(=O)c1nnc(C(C)(C)S(C)(=O)=O)o1. The summed E-state index contributed by atoms with van der Waals surface area (Å²) in [6.45, 7) is 2.83. The summed E-state index contributed by atoms with van der Waals surface area (Å²) in [5.74, 6) is -1.31. The van der Waals surface area contributed by atoms with Crippen LogP contribution in [0.3, 0.4) is 0 Å². The zero-order chi connectivity index (χ0) is 12.6. The first kappa shape index (κ1) is 12.6. The molecule has 16 heavy (non-hydrogen) atoms. The van der Waals surface area contributed by atoms with E-state index in [2.05, 4.69) is 14.9 Å². The van der Waals surface area contributed by atoms with E-state index in [-0.39, 0.29) is 11.8 Å². The smallest absolute Gasteiger partial charge is 0.396 e. The van der Waals surface area contributed by atoms with Crippen LogP contribution in [-0.4, -0.2) is 38.0 Å². The number of carbonyl (C=O) groups is 1. The average Bonchev–Trinajstić information content (AvgIpc) is 2.64. The quantitative estimate of drug-likeness (QED) is 0.701. The Kier molecular flexibility index (Phi) is 3.04. The fourth-order valence-corrected chi connectivity index (χ4v) is 1.19. The number of hydrogen-bond donors (Lipinski definition) is 0. The van der Waals surface area contributed by atoms with Crippen molar-refractivity contribution in [2.75, 3.05) is 13.4 Å². The van der Waals surface area contributed by atoms with Crippen LogP contribution in [0.5, 0.6) is 0 Å². The molecule has 0 aliphatic heterocycles. The molecule has 0 atom stereocenters. The van der Waals surface area contributed by atoms with Crippen LogP contribution in [0.25, 0.3) is 0 Å². The Morgan fingerprint density at radius 2 is 1.94 bits per heavy atom. The molecule has 8 heteroatoms. The highest BCUT2D eigenvalue weighted by atomic mass is 32.2. The van der Waals surface area contributed by atoms with Gasteiger partial charge >= 0.3 is 11.9 Å². The Bertz CT molecular complexity index is 502. The fraction of sp³-hybridized carbons (Fsp3) is 0.625. The van der Waals surface area contributed by atoms with E-state index in [1.165, 1.54) is 13.8 Å². The van der Waals surface area contributed by atoms with Gasteiger partial charge in [-0.3, -0.25) is 0 Å². The first-order chi connectivity index (χ1) is 7.20. The summed E-state index contributed by atoms with van der Waals surface area (Å²) in [5.41, 5.74) is 0. The number of methoxy groups -OCH3 is 1. The highest BCUT2D eigenvalue weighted by Gasteiger charge is 2.38. The first-order valence-corrected chi connectivity index (χ1v) is 6.21. The number of esters is 1. The molecular weight excluding hydrogens is 236 g/mol. The summed E-state index contributed by atoms with van der Waals surface area (Å²) in [4.78, 5) is 11.0. The molecule has 1 aromatic rings. The maximum absolute atomic E-state index is 11.5. The van der Waals surface area contributed by atoms with Gasteiger partial charge in [-0.05, 0) is 13.8 Å². The lowest BCUT2D eigenvalue weighted by Crippen LogP contribution is -2.28. The Balaban J connectivity index is 3.17. The van der Waals surface area contributed by atoms with Crippen LogP contribution in [0.2, 0.25) is 0 Å². The van der Waals surface area contributed by atoms with Gasteiger partial charge < -0.3 is 9.15 Å². The van der Waals surface area contributed by atoms with Gasteiger partial charge in [-0.1, -0.05) is 0 Å². The molecule has 0 unspecified atom stereocenters. The molecule has 0 spiro atoms. The van der Waals surface area contributed by atoms with E-state index in [0.717, 1.165) is 13.4 Å². The number of hydrogen-bond acceptors (Lipinski definition) is 7. The molecule has 0 aliphatic carbocycles. The first-order valence-electron chi connectivity index (χ1n) is 4.32. The van der Waals surface area contributed by atoms with Crippen molar-refractivity contribution in [1.29, 1.82) is 0 Å². The van der Waals surface area contributed by atoms with Gasteiger partial charge in [-0.15, -0.1) is 10.2 Å². The number of sulfone groups is 1. The lowest BCUT2D eigenvalue weighted by Gasteiger charge is -2.16. The minimum atomic E-state index is -3.42. The minimum absolute atomic E-state index is 0.143. The number of aromatic nitrogens is 2. The summed E-state index contributed by atoms with van der Waals surface area (Å²) < 4.78 is 30.9. The molecule has 1 rings (SSSR count). The van der Waals surface area contributed by atoms with Crippen molar-refractivity contribution in [2.24, 2.45) is 0 Å². The predicted molar refractivity (Wildman–Crippen MR) is 53.5 cm³/mol. The van der Waals surface area contributed by atoms with Gasteiger partial charge in [-0.2, -0.15) is 0 Å². The topological polar surface area (TPSA) is 99.4 Å². The predicted octanol–water partition coefficient (Wildman–Crippen LogP) is 0.136. The largest absolute Gasteiger partial charge is 0.462 e. The summed E-state index contributed by atoms with van der Waals surface area (Å²) in [7, 11) is -2.26. The Morgan fingerprint density at radius 1 is 1.38 bits per heavy atom. The van der Waals surface area contributed by atoms with Crippen molar-refractivity contribution in [1.82, 2.24) is 10.2 Å². The third-order valence-electron chi connectivity index (χ3n) is 2.23. The van der Waals surface area contributed by atoms with Crippen LogP contribution in [0.1, 0.15) is 30.4 Å². The van der Waals surface area contributed by atoms with E-state index in [9.17, 15) is 13.2 Å². The molecule has 0 amide bonds. The van der Waals surface area contributed by atoms with Crippen molar-refractivity contribution < 1.29 is 22.4 Å². The van der Waals surface area contributed by atoms with Crippen molar-refractivity contribution in [2.45, 2.75) is 18.6 Å². The van der Waals surface area contributed by atoms with Crippen LogP contribution in [0, 0.1) is 0 Å². The number of nitrogens with zero attached hydrogens (tertiary/aromatic N) is 2. The minimum Gasteiger partial charge on any atom is -0.462 e. The molecule has 90 valence electrons. The molecule has 7 nitrogen and oxygen atoms in total. The Hall–Kier alpha value is -1.44. The molecule has 0 aliphatic rings. The zero-order valence-electron chi connectivity index (χ0n) is 9.34. The second kappa shape index (κ2) is 3.85. The van der Waals surface area contributed by atoms with E-state index in [1.54, 1.807) is 0 Å². The van der Waals surface area contributed by atoms with E-state index in [0.29, 0.717) is 0 Å². The lowest BCUT2D eigenvalue weighted by atomic mass is 10.2. The van der Waals surface area contributed by atoms with Crippen LogP contribution >= 0.6 is 0 Å². The molecule has 1 aromatic heterocycles. The molecule has 0 N–H and O–H groups in total. The lowest BCUT2D eigenvalue weighted by molar-refractivity contribution is 0.0553. The summed E-state index contributed by atoms with van der Waals surface area (Å²) in [6, 6.07) is 0. The second-order valence-corrected chi connectivity index (χ2v) is 6.25. The third kappa shape index (κ3) is 2.06. The molecule has 0 aromatic carbocycles. The average molecular weight is 248 g/mol. The summed E-state index contributed by atoms with van der Waals surface area (Å²) >= 11 is 0. The van der Waals surface area contributed by atoms with Crippen molar-refractivity contribution in [3.05, 3.63) is 11.8 Å². The van der Waals surface area contributed by atoms with Gasteiger partial charge in [0, 0.05) is 6.26 Å². The molecule has 1 heterocycles. The number of ether oxygens (including phenoxy) is 1. The second-order valence-electron chi connectivity index (χ2n) is 3.69. The van der Waals surface area contributed by atoms with Gasteiger partial charge in [0.1, 0.15) is 4.75 Å². The Morgan fingerprint density at radius 3 is 2.38 bits per heavy atom. The fourth-order valence-electron chi connectivity index (χ4n) is 0.795. The molecule has 0 fully saturated rings. The zero-order valence-corrected chi connectivity index (χ0v) is 10.2. The van der Waals surface area contributed by atoms with E-state index in [4.69, 9.17) is 4.42 Å². The standard InChI is InChI=1S/C8H12N2O5S/c1-8(2,16(4,12)13)7-10-9-5(15-7)6(11)14-3/h1-4H3. The maximum atomic E-state index is 11.5. The Labute approximate surface area is 92.7 Å². The molecule has 0 saturated heterocycles. The van der Waals surface area contributed by atoms with Gasteiger partial charge in [0.15, 0.2) is 9.84 Å². The van der Waals surface area contributed by atoms with Crippen molar-refractivity contribution in [3.63, 3.8) is 0 Å². The van der Waals surface area contributed by atoms with Crippen LogP contribution in [0.4, 0.5) is 0 Å². The molecule has 0 radical (unpaired) electrons. The van der Waals surface area contributed by atoms with Crippen molar-refractivity contribution >= 4 is 15.8 Å². The van der Waals surface area contributed by atoms with E-state index >= 15 is 0 Å². The molecule has 0 saturated carbocycles. The maximum Gasteiger partial charge on any atom is 0.396 e. The third-order valence-corrected chi connectivity index (χ3v) is 4.26. The highest BCUT2D eigenvalue weighted by molar-refractivity contribution is 7.91. The van der Waals surface area contributed by atoms with E-state index < -0.39 is 20.6 Å². The monoisotopic (exact) mass is 248 g/mol. The molecular formula is C8H12N2O5S. The molecule has 0 bridgehead atoms.